The maximum atomic E-state index is 13.3. The number of carbonyl (C=O) groups is 6. The Kier molecular flexibility index (Phi) is 13.4. The van der Waals surface area contributed by atoms with Crippen molar-refractivity contribution in [2.24, 2.45) is 0 Å². The Hall–Kier alpha value is -6.52. The van der Waals surface area contributed by atoms with Crippen molar-refractivity contribution in [1.82, 2.24) is 35.2 Å². The van der Waals surface area contributed by atoms with Crippen molar-refractivity contribution < 1.29 is 33.5 Å². The van der Waals surface area contributed by atoms with Crippen LogP contribution in [-0.2, 0) is 45.1 Å². The molecule has 2 atom stereocenters. The first-order chi connectivity index (χ1) is 31.0. The standard InChI is InChI=1S/C47H56N10O7/c1-4-36-47(63)54(2)38-26-48-41(50-44(38)57(36)32-12-8-9-13-32)25-30-18-17-29(24-40(30)64-3)39(58)21-19-31-27-55(53-52-31)23-10-6-5-7-16-42(59)49-35-15-11-14-33-34(35)28-56(46(33)62)37-20-22-43(60)51-45(37)61/h11,14-15,17-18,24,26-27,32,36-37H,4-10,12-13,16,19-23,25,28H2,1-3H3,(H,49,59)(H,51,60,61)/t36-,37?/m1/s1. The Labute approximate surface area is 372 Å². The van der Waals surface area contributed by atoms with Crippen LogP contribution in [0.1, 0.15) is 134 Å². The number of aromatic nitrogens is 5. The molecule has 2 fully saturated rings. The molecule has 5 heterocycles. The van der Waals surface area contributed by atoms with Crippen molar-refractivity contribution in [1.29, 1.82) is 0 Å². The number of aryl methyl sites for hydroxylation is 2. The highest BCUT2D eigenvalue weighted by molar-refractivity contribution is 6.07. The Morgan fingerprint density at radius 3 is 2.58 bits per heavy atom. The lowest BCUT2D eigenvalue weighted by molar-refractivity contribution is -0.137. The second-order valence-electron chi connectivity index (χ2n) is 17.2. The van der Waals surface area contributed by atoms with Crippen LogP contribution < -0.4 is 25.2 Å². The van der Waals surface area contributed by atoms with Crippen LogP contribution in [0.3, 0.4) is 0 Å². The smallest absolute Gasteiger partial charge is 0.255 e. The Balaban J connectivity index is 0.771. The molecule has 64 heavy (non-hydrogen) atoms. The highest BCUT2D eigenvalue weighted by atomic mass is 16.5. The quantitative estimate of drug-likeness (QED) is 0.0740. The Morgan fingerprint density at radius 2 is 1.80 bits per heavy atom. The molecule has 1 saturated carbocycles. The van der Waals surface area contributed by atoms with Crippen molar-refractivity contribution in [3.05, 3.63) is 82.6 Å². The minimum Gasteiger partial charge on any atom is -0.496 e. The van der Waals surface area contributed by atoms with Crippen LogP contribution >= 0.6 is 0 Å². The Bertz CT molecular complexity index is 2450. The number of rotatable bonds is 18. The molecule has 2 aromatic carbocycles. The number of methoxy groups -OCH3 is 1. The van der Waals surface area contributed by atoms with Crippen LogP contribution in [-0.4, -0.2) is 97.5 Å². The van der Waals surface area contributed by atoms with Gasteiger partial charge in [-0.2, -0.15) is 0 Å². The lowest BCUT2D eigenvalue weighted by Gasteiger charge is -2.43. The number of ether oxygens (including phenoxy) is 1. The molecule has 1 aliphatic carbocycles. The van der Waals surface area contributed by atoms with Crippen molar-refractivity contribution in [3.8, 4) is 5.75 Å². The number of anilines is 3. The second kappa shape index (κ2) is 19.5. The van der Waals surface area contributed by atoms with E-state index in [-0.39, 0.29) is 67.3 Å². The van der Waals surface area contributed by atoms with E-state index >= 15 is 0 Å². The number of ketones is 1. The van der Waals surface area contributed by atoms with Gasteiger partial charge in [0.05, 0.1) is 19.0 Å². The van der Waals surface area contributed by atoms with E-state index in [1.807, 2.05) is 18.3 Å². The van der Waals surface area contributed by atoms with Crippen molar-refractivity contribution in [2.45, 2.75) is 134 Å². The fourth-order valence-corrected chi connectivity index (χ4v) is 9.51. The van der Waals surface area contributed by atoms with E-state index in [1.54, 1.807) is 54.2 Å². The number of nitrogens with zero attached hydrogens (tertiary/aromatic N) is 8. The van der Waals surface area contributed by atoms with Gasteiger partial charge in [0.25, 0.3) is 5.91 Å². The average molecular weight is 873 g/mol. The number of likely N-dealkylation sites (N-methyl/N-ethyl adjacent to an activating group) is 1. The molecule has 336 valence electrons. The predicted molar refractivity (Wildman–Crippen MR) is 237 cm³/mol. The molecule has 17 heteroatoms. The van der Waals surface area contributed by atoms with Gasteiger partial charge in [-0.15, -0.1) is 5.10 Å². The van der Waals surface area contributed by atoms with Gasteiger partial charge in [0.2, 0.25) is 23.6 Å². The van der Waals surface area contributed by atoms with E-state index in [1.165, 1.54) is 4.90 Å². The third kappa shape index (κ3) is 9.38. The summed E-state index contributed by atoms with van der Waals surface area (Å²) in [5.74, 6) is 0.831. The molecule has 0 bridgehead atoms. The molecule has 8 rings (SSSR count). The number of benzene rings is 2. The molecular weight excluding hydrogens is 817 g/mol. The zero-order chi connectivity index (χ0) is 44.9. The Morgan fingerprint density at radius 1 is 0.984 bits per heavy atom. The normalized spacial score (nSPS) is 18.6. The van der Waals surface area contributed by atoms with Gasteiger partial charge in [-0.1, -0.05) is 56.0 Å². The first-order valence-corrected chi connectivity index (χ1v) is 22.6. The van der Waals surface area contributed by atoms with E-state index in [4.69, 9.17) is 9.72 Å². The van der Waals surface area contributed by atoms with Gasteiger partial charge in [-0.25, -0.2) is 9.97 Å². The van der Waals surface area contributed by atoms with Gasteiger partial charge in [-0.3, -0.25) is 38.8 Å². The maximum Gasteiger partial charge on any atom is 0.255 e. The summed E-state index contributed by atoms with van der Waals surface area (Å²) in [5, 5.41) is 13.8. The van der Waals surface area contributed by atoms with Crippen LogP contribution in [0.4, 0.5) is 17.2 Å². The summed E-state index contributed by atoms with van der Waals surface area (Å²) in [7, 11) is 3.39. The number of hydrogen-bond donors (Lipinski definition) is 2. The van der Waals surface area contributed by atoms with Crippen LogP contribution in [0.5, 0.6) is 5.75 Å². The number of unbranched alkanes of at least 4 members (excludes halogenated alkanes) is 3. The summed E-state index contributed by atoms with van der Waals surface area (Å²) in [6.07, 6.45) is 13.9. The fraction of sp³-hybridized carbons (Fsp3) is 0.489. The van der Waals surface area contributed by atoms with Gasteiger partial charge in [0.15, 0.2) is 11.6 Å². The highest BCUT2D eigenvalue weighted by Crippen LogP contribution is 2.40. The number of amides is 5. The number of nitrogens with one attached hydrogen (secondary N) is 2. The van der Waals surface area contributed by atoms with Gasteiger partial charge < -0.3 is 24.8 Å². The number of carbonyl (C=O) groups excluding carboxylic acids is 6. The van der Waals surface area contributed by atoms with Crippen LogP contribution in [0.2, 0.25) is 0 Å². The van der Waals surface area contributed by atoms with Crippen molar-refractivity contribution in [2.75, 3.05) is 29.3 Å². The molecule has 0 radical (unpaired) electrons. The van der Waals surface area contributed by atoms with Crippen molar-refractivity contribution >= 4 is 52.5 Å². The molecule has 0 spiro atoms. The summed E-state index contributed by atoms with van der Waals surface area (Å²) < 4.78 is 7.54. The molecular formula is C47H56N10O7. The molecule has 4 aromatic rings. The van der Waals surface area contributed by atoms with E-state index in [0.29, 0.717) is 72.6 Å². The topological polar surface area (TPSA) is 202 Å². The molecule has 17 nitrogen and oxygen atoms in total. The van der Waals surface area contributed by atoms with E-state index in [9.17, 15) is 28.8 Å². The minimum absolute atomic E-state index is 0.0293. The van der Waals surface area contributed by atoms with Crippen LogP contribution in [0.25, 0.3) is 0 Å². The van der Waals surface area contributed by atoms with Gasteiger partial charge in [0, 0.05) is 92.4 Å². The van der Waals surface area contributed by atoms with Gasteiger partial charge >= 0.3 is 0 Å². The van der Waals surface area contributed by atoms with Crippen LogP contribution in [0.15, 0.2) is 48.8 Å². The lowest BCUT2D eigenvalue weighted by atomic mass is 10.0. The SMILES string of the molecule is CC[C@@H]1C(=O)N(C)c2cnc(Cc3ccc(C(=O)CCc4cn(CCCCCCC(=O)Nc5cccc6c5CN(C5CCC(=O)NC5=O)C6=O)nn4)cc3OC)nc2N1C1CCCC1. The third-order valence-corrected chi connectivity index (χ3v) is 13.0. The molecule has 5 amide bonds. The lowest BCUT2D eigenvalue weighted by Crippen LogP contribution is -2.55. The van der Waals surface area contributed by atoms with E-state index in [0.717, 1.165) is 67.7 Å². The summed E-state index contributed by atoms with van der Waals surface area (Å²) in [6, 6.07) is 9.98. The zero-order valence-corrected chi connectivity index (χ0v) is 36.8. The van der Waals surface area contributed by atoms with Gasteiger partial charge in [-0.05, 0) is 56.7 Å². The molecule has 4 aliphatic rings. The number of piperidine rings is 1. The van der Waals surface area contributed by atoms with Crippen LogP contribution in [0, 0.1) is 0 Å². The first kappa shape index (κ1) is 44.1. The summed E-state index contributed by atoms with van der Waals surface area (Å²) in [5.41, 5.74) is 4.56. The fourth-order valence-electron chi connectivity index (χ4n) is 9.51. The van der Waals surface area contributed by atoms with Gasteiger partial charge in [0.1, 0.15) is 29.3 Å². The highest BCUT2D eigenvalue weighted by Gasteiger charge is 2.42. The number of Topliss-reactive ketones (excluding diaryl/α,β-unsaturated/α-hetero) is 1. The number of fused-ring (bicyclic) bond motifs is 2. The summed E-state index contributed by atoms with van der Waals surface area (Å²) >= 11 is 0. The van der Waals surface area contributed by atoms with Crippen molar-refractivity contribution in [3.63, 3.8) is 0 Å². The molecule has 2 N–H and O–H groups in total. The molecule has 1 saturated heterocycles. The second-order valence-corrected chi connectivity index (χ2v) is 17.2. The maximum absolute atomic E-state index is 13.3. The predicted octanol–water partition coefficient (Wildman–Crippen LogP) is 5.34. The minimum atomic E-state index is -0.717. The first-order valence-electron chi connectivity index (χ1n) is 22.6. The molecule has 2 aromatic heterocycles. The monoisotopic (exact) mass is 872 g/mol. The average Bonchev–Trinajstić information content (AvgIpc) is 4.07. The molecule has 3 aliphatic heterocycles. The van der Waals surface area contributed by atoms with E-state index in [2.05, 4.69) is 37.8 Å². The third-order valence-electron chi connectivity index (χ3n) is 13.0. The molecule has 1 unspecified atom stereocenters. The largest absolute Gasteiger partial charge is 0.496 e. The number of hydrogen-bond acceptors (Lipinski definition) is 12. The van der Waals surface area contributed by atoms with E-state index < -0.39 is 11.9 Å². The summed E-state index contributed by atoms with van der Waals surface area (Å²) in [6.45, 7) is 2.91. The summed E-state index contributed by atoms with van der Waals surface area (Å²) in [4.78, 5) is 91.7. The zero-order valence-electron chi connectivity index (χ0n) is 36.8. The number of imide groups is 1.